The quantitative estimate of drug-likeness (QED) is 0.465. The summed E-state index contributed by atoms with van der Waals surface area (Å²) in [5.74, 6) is -3.95. The summed E-state index contributed by atoms with van der Waals surface area (Å²) >= 11 is 0. The number of ether oxygens (including phenoxy) is 1. The first-order valence-corrected chi connectivity index (χ1v) is 7.62. The van der Waals surface area contributed by atoms with Crippen LogP contribution in [-0.4, -0.2) is 34.3 Å². The Morgan fingerprint density at radius 2 is 1.92 bits per heavy atom. The maximum absolute atomic E-state index is 13.2. The number of carbonyl (C=O) groups excluding carboxylic acids is 3. The van der Waals surface area contributed by atoms with E-state index < -0.39 is 35.8 Å². The van der Waals surface area contributed by atoms with E-state index in [2.05, 4.69) is 10.5 Å². The average molecular weight is 366 g/mol. The fraction of sp³-hybridized carbons (Fsp3) is 0.250. The van der Waals surface area contributed by atoms with Crippen molar-refractivity contribution in [1.82, 2.24) is 15.3 Å². The van der Waals surface area contributed by atoms with Crippen LogP contribution in [0.25, 0.3) is 0 Å². The lowest BCUT2D eigenvalue weighted by atomic mass is 10.1. The summed E-state index contributed by atoms with van der Waals surface area (Å²) in [5.41, 5.74) is 2.33. The molecule has 0 unspecified atom stereocenters. The maximum atomic E-state index is 13.2. The van der Waals surface area contributed by atoms with Crippen molar-refractivity contribution >= 4 is 17.8 Å². The summed E-state index contributed by atoms with van der Waals surface area (Å²) in [4.78, 5) is 36.9. The van der Waals surface area contributed by atoms with E-state index in [1.165, 1.54) is 18.5 Å². The molecule has 0 saturated heterocycles. The van der Waals surface area contributed by atoms with Crippen LogP contribution in [-0.2, 0) is 25.5 Å². The Bertz CT molecular complexity index is 775. The normalized spacial score (nSPS) is 10.3. The number of hydrazine groups is 1. The van der Waals surface area contributed by atoms with Crippen molar-refractivity contribution in [3.8, 4) is 0 Å². The predicted octanol–water partition coefficient (Wildman–Crippen LogP) is 0.853. The van der Waals surface area contributed by atoms with Crippen LogP contribution in [0.5, 0.6) is 0 Å². The molecule has 26 heavy (non-hydrogen) atoms. The van der Waals surface area contributed by atoms with Crippen molar-refractivity contribution in [1.29, 1.82) is 0 Å². The predicted molar refractivity (Wildman–Crippen MR) is 84.9 cm³/mol. The molecular formula is C16H16F2N4O4. The van der Waals surface area contributed by atoms with E-state index in [1.54, 1.807) is 6.92 Å². The maximum Gasteiger partial charge on any atom is 0.315 e. The minimum absolute atomic E-state index is 0.0817. The van der Waals surface area contributed by atoms with Crippen molar-refractivity contribution in [2.24, 2.45) is 0 Å². The van der Waals surface area contributed by atoms with Gasteiger partial charge >= 0.3 is 5.97 Å². The number of benzene rings is 1. The van der Waals surface area contributed by atoms with Gasteiger partial charge in [-0.3, -0.25) is 14.4 Å². The lowest BCUT2D eigenvalue weighted by molar-refractivity contribution is -0.146. The molecule has 0 spiro atoms. The lowest BCUT2D eigenvalue weighted by Gasteiger charge is -2.22. The highest BCUT2D eigenvalue weighted by molar-refractivity contribution is 6.00. The minimum atomic E-state index is -0.824. The number of hydrogen-bond acceptors (Lipinski definition) is 5. The van der Waals surface area contributed by atoms with Gasteiger partial charge in [0.15, 0.2) is 0 Å². The fourth-order valence-electron chi connectivity index (χ4n) is 2.07. The summed E-state index contributed by atoms with van der Waals surface area (Å²) in [6, 6.07) is 4.18. The van der Waals surface area contributed by atoms with Gasteiger partial charge in [-0.2, -0.15) is 9.89 Å². The molecule has 1 heterocycles. The van der Waals surface area contributed by atoms with Gasteiger partial charge < -0.3 is 4.74 Å². The summed E-state index contributed by atoms with van der Waals surface area (Å²) in [6.45, 7) is 1.69. The Balaban J connectivity index is 2.09. The van der Waals surface area contributed by atoms with E-state index in [0.717, 1.165) is 22.0 Å². The number of carbonyl (C=O) groups is 3. The van der Waals surface area contributed by atoms with Crippen molar-refractivity contribution in [2.75, 3.05) is 11.7 Å². The second-order valence-electron chi connectivity index (χ2n) is 5.10. The van der Waals surface area contributed by atoms with Crippen molar-refractivity contribution in [2.45, 2.75) is 19.8 Å². The van der Waals surface area contributed by atoms with Gasteiger partial charge in [0.25, 0.3) is 5.91 Å². The highest BCUT2D eigenvalue weighted by Crippen LogP contribution is 2.08. The van der Waals surface area contributed by atoms with Gasteiger partial charge in [-0.15, -0.1) is 5.12 Å². The molecule has 0 aliphatic rings. The third kappa shape index (κ3) is 5.36. The van der Waals surface area contributed by atoms with Crippen molar-refractivity contribution in [3.63, 3.8) is 0 Å². The third-order valence-corrected chi connectivity index (χ3v) is 3.05. The Kier molecular flexibility index (Phi) is 6.36. The molecule has 2 aromatic rings. The Morgan fingerprint density at radius 3 is 2.50 bits per heavy atom. The minimum Gasteiger partial charge on any atom is -0.466 e. The molecule has 2 rings (SSSR count). The summed E-state index contributed by atoms with van der Waals surface area (Å²) in [5, 5.41) is 4.53. The first-order valence-electron chi connectivity index (χ1n) is 7.62. The van der Waals surface area contributed by atoms with Crippen LogP contribution in [0, 0.1) is 11.6 Å². The first-order chi connectivity index (χ1) is 12.4. The first kappa shape index (κ1) is 19.0. The van der Waals surface area contributed by atoms with E-state index in [0.29, 0.717) is 6.07 Å². The molecule has 138 valence electrons. The lowest BCUT2D eigenvalue weighted by Crippen LogP contribution is -2.54. The van der Waals surface area contributed by atoms with Crippen LogP contribution in [0.15, 0.2) is 36.7 Å². The highest BCUT2D eigenvalue weighted by Gasteiger charge is 2.22. The number of esters is 1. The van der Waals surface area contributed by atoms with Gasteiger partial charge in [-0.05, 0) is 30.7 Å². The second kappa shape index (κ2) is 8.70. The average Bonchev–Trinajstić information content (AvgIpc) is 3.05. The van der Waals surface area contributed by atoms with E-state index >= 15 is 0 Å². The molecule has 0 bridgehead atoms. The monoisotopic (exact) mass is 366 g/mol. The van der Waals surface area contributed by atoms with Gasteiger partial charge in [-0.25, -0.2) is 14.2 Å². The van der Waals surface area contributed by atoms with E-state index in [-0.39, 0.29) is 18.6 Å². The topological polar surface area (TPSA) is 93.5 Å². The standard InChI is InChI=1S/C16H16F2N4O4/c1-2-26-16(25)10-15(24)22(21-5-3-4-19-21)20-14(23)8-11-6-12(17)9-13(18)7-11/h3-7,9H,2,8,10H2,1H3,(H,20,23). The Morgan fingerprint density at radius 1 is 1.23 bits per heavy atom. The largest absolute Gasteiger partial charge is 0.466 e. The molecule has 0 saturated carbocycles. The number of halogens is 2. The van der Waals surface area contributed by atoms with E-state index in [4.69, 9.17) is 4.74 Å². The molecule has 1 N–H and O–H groups in total. The smallest absolute Gasteiger partial charge is 0.315 e. The van der Waals surface area contributed by atoms with Crippen LogP contribution in [0.3, 0.4) is 0 Å². The van der Waals surface area contributed by atoms with Crippen LogP contribution < -0.4 is 10.5 Å². The van der Waals surface area contributed by atoms with Gasteiger partial charge in [0.05, 0.1) is 25.4 Å². The number of nitrogens with zero attached hydrogens (tertiary/aromatic N) is 3. The van der Waals surface area contributed by atoms with E-state index in [1.807, 2.05) is 0 Å². The van der Waals surface area contributed by atoms with Crippen LogP contribution in [0.1, 0.15) is 18.9 Å². The zero-order valence-corrected chi connectivity index (χ0v) is 13.8. The van der Waals surface area contributed by atoms with Gasteiger partial charge in [0, 0.05) is 6.07 Å². The highest BCUT2D eigenvalue weighted by atomic mass is 19.1. The van der Waals surface area contributed by atoms with Gasteiger partial charge in [0.1, 0.15) is 18.1 Å². The molecule has 0 fully saturated rings. The molecular weight excluding hydrogens is 350 g/mol. The molecule has 8 nitrogen and oxygen atoms in total. The number of nitrogens with one attached hydrogen (secondary N) is 1. The summed E-state index contributed by atoms with van der Waals surface area (Å²) < 4.78 is 31.1. The van der Waals surface area contributed by atoms with Crippen LogP contribution in [0.2, 0.25) is 0 Å². The summed E-state index contributed by atoms with van der Waals surface area (Å²) in [6.07, 6.45) is 1.71. The molecule has 0 atom stereocenters. The molecule has 0 aliphatic carbocycles. The summed E-state index contributed by atoms with van der Waals surface area (Å²) in [7, 11) is 0. The van der Waals surface area contributed by atoms with Crippen molar-refractivity contribution in [3.05, 3.63) is 53.9 Å². The number of rotatable bonds is 6. The molecule has 0 radical (unpaired) electrons. The van der Waals surface area contributed by atoms with E-state index in [9.17, 15) is 23.2 Å². The molecule has 1 aromatic carbocycles. The molecule has 0 aliphatic heterocycles. The van der Waals surface area contributed by atoms with Crippen molar-refractivity contribution < 1.29 is 27.9 Å². The molecule has 10 heteroatoms. The fourth-order valence-corrected chi connectivity index (χ4v) is 2.07. The van der Waals surface area contributed by atoms with Gasteiger partial charge in [0.2, 0.25) is 5.91 Å². The number of amides is 2. The third-order valence-electron chi connectivity index (χ3n) is 3.05. The second-order valence-corrected chi connectivity index (χ2v) is 5.10. The Hall–Kier alpha value is -3.30. The SMILES string of the molecule is CCOC(=O)CC(=O)N(NC(=O)Cc1cc(F)cc(F)c1)n1cccn1. The number of hydrogen-bond donors (Lipinski definition) is 1. The van der Waals surface area contributed by atoms with Crippen LogP contribution in [0.4, 0.5) is 8.78 Å². The number of aromatic nitrogens is 2. The van der Waals surface area contributed by atoms with Crippen LogP contribution >= 0.6 is 0 Å². The zero-order chi connectivity index (χ0) is 19.1. The molecule has 1 aromatic heterocycles. The molecule has 2 amide bonds. The Labute approximate surface area is 147 Å². The zero-order valence-electron chi connectivity index (χ0n) is 13.8. The van der Waals surface area contributed by atoms with Gasteiger partial charge in [-0.1, -0.05) is 0 Å².